The number of fused-ring (bicyclic) bond motifs is 1. The Morgan fingerprint density at radius 1 is 0.935 bits per heavy atom. The molecule has 3 aromatic carbocycles. The van der Waals surface area contributed by atoms with E-state index in [4.69, 9.17) is 4.42 Å². The Balaban J connectivity index is 1.47. The van der Waals surface area contributed by atoms with Gasteiger partial charge in [-0.25, -0.2) is 13.1 Å². The Kier molecular flexibility index (Phi) is 5.88. The highest BCUT2D eigenvalue weighted by Crippen LogP contribution is 2.24. The van der Waals surface area contributed by atoms with Crippen molar-refractivity contribution < 1.29 is 17.6 Å². The first-order valence-corrected chi connectivity index (χ1v) is 11.3. The normalized spacial score (nSPS) is 12.5. The van der Waals surface area contributed by atoms with E-state index in [0.717, 1.165) is 16.5 Å². The summed E-state index contributed by atoms with van der Waals surface area (Å²) in [6, 6.07) is 24.3. The van der Waals surface area contributed by atoms with Crippen LogP contribution in [-0.4, -0.2) is 14.3 Å². The second-order valence-electron chi connectivity index (χ2n) is 7.22. The van der Waals surface area contributed by atoms with Crippen molar-refractivity contribution in [3.05, 3.63) is 102 Å². The number of para-hydroxylation sites is 1. The largest absolute Gasteiger partial charge is 0.459 e. The van der Waals surface area contributed by atoms with Crippen molar-refractivity contribution in [1.29, 1.82) is 0 Å². The quantitative estimate of drug-likeness (QED) is 0.451. The van der Waals surface area contributed by atoms with Gasteiger partial charge in [0.2, 0.25) is 10.0 Å². The van der Waals surface area contributed by atoms with E-state index in [1.165, 1.54) is 12.1 Å². The Labute approximate surface area is 181 Å². The molecular weight excluding hydrogens is 412 g/mol. The first-order chi connectivity index (χ1) is 14.9. The molecule has 0 spiro atoms. The van der Waals surface area contributed by atoms with Gasteiger partial charge >= 0.3 is 0 Å². The van der Waals surface area contributed by atoms with Crippen LogP contribution in [0.5, 0.6) is 0 Å². The third kappa shape index (κ3) is 4.84. The average molecular weight is 435 g/mol. The molecule has 1 amide bonds. The fourth-order valence-electron chi connectivity index (χ4n) is 3.23. The fraction of sp³-hybridized carbons (Fsp3) is 0.125. The van der Waals surface area contributed by atoms with Crippen LogP contribution in [0, 0.1) is 0 Å². The highest BCUT2D eigenvalue weighted by molar-refractivity contribution is 7.89. The maximum absolute atomic E-state index is 12.7. The molecule has 7 heteroatoms. The molecule has 1 unspecified atom stereocenters. The van der Waals surface area contributed by atoms with Crippen LogP contribution in [0.15, 0.2) is 94.2 Å². The molecule has 0 aliphatic heterocycles. The predicted molar refractivity (Wildman–Crippen MR) is 119 cm³/mol. The molecule has 0 aliphatic carbocycles. The van der Waals surface area contributed by atoms with Crippen molar-refractivity contribution in [3.8, 4) is 0 Å². The SMILES string of the molecule is CC(NC(=O)c1cccc(S(=O)(=O)NCc2ccccc2)c1)c1cc2ccccc2o1. The van der Waals surface area contributed by atoms with Gasteiger partial charge in [-0.1, -0.05) is 54.6 Å². The van der Waals surface area contributed by atoms with Gasteiger partial charge in [-0.15, -0.1) is 0 Å². The minimum Gasteiger partial charge on any atom is -0.459 e. The van der Waals surface area contributed by atoms with Crippen LogP contribution in [0.2, 0.25) is 0 Å². The summed E-state index contributed by atoms with van der Waals surface area (Å²) in [6.45, 7) is 1.99. The predicted octanol–water partition coefficient (Wildman–Crippen LogP) is 4.40. The Bertz CT molecular complexity index is 1280. The molecule has 0 saturated heterocycles. The topological polar surface area (TPSA) is 88.4 Å². The Morgan fingerprint density at radius 3 is 2.45 bits per heavy atom. The lowest BCUT2D eigenvalue weighted by atomic mass is 10.1. The number of nitrogens with one attached hydrogen (secondary N) is 2. The minimum absolute atomic E-state index is 0.0347. The van der Waals surface area contributed by atoms with Crippen molar-refractivity contribution in [2.45, 2.75) is 24.4 Å². The van der Waals surface area contributed by atoms with Gasteiger partial charge < -0.3 is 9.73 Å². The smallest absolute Gasteiger partial charge is 0.251 e. The molecule has 4 rings (SSSR count). The van der Waals surface area contributed by atoms with Crippen LogP contribution in [0.25, 0.3) is 11.0 Å². The van der Waals surface area contributed by atoms with Crippen molar-refractivity contribution in [2.24, 2.45) is 0 Å². The molecule has 0 bridgehead atoms. The van der Waals surface area contributed by atoms with Crippen LogP contribution < -0.4 is 10.0 Å². The molecule has 31 heavy (non-hydrogen) atoms. The van der Waals surface area contributed by atoms with E-state index >= 15 is 0 Å². The van der Waals surface area contributed by atoms with Gasteiger partial charge in [0.05, 0.1) is 10.9 Å². The molecule has 4 aromatic rings. The third-order valence-corrected chi connectivity index (χ3v) is 6.33. The van der Waals surface area contributed by atoms with Crippen molar-refractivity contribution >= 4 is 26.9 Å². The number of carbonyl (C=O) groups excluding carboxylic acids is 1. The van der Waals surface area contributed by atoms with Gasteiger partial charge in [-0.2, -0.15) is 0 Å². The van der Waals surface area contributed by atoms with E-state index in [9.17, 15) is 13.2 Å². The van der Waals surface area contributed by atoms with Crippen LogP contribution in [0.1, 0.15) is 34.6 Å². The number of carbonyl (C=O) groups is 1. The molecule has 1 heterocycles. The number of amides is 1. The molecule has 1 atom stereocenters. The summed E-state index contributed by atoms with van der Waals surface area (Å²) in [4.78, 5) is 12.8. The number of hydrogen-bond acceptors (Lipinski definition) is 4. The van der Waals surface area contributed by atoms with Crippen molar-refractivity contribution in [3.63, 3.8) is 0 Å². The summed E-state index contributed by atoms with van der Waals surface area (Å²) < 4.78 is 33.7. The van der Waals surface area contributed by atoms with Gasteiger partial charge in [0.25, 0.3) is 5.91 Å². The molecule has 0 radical (unpaired) electrons. The molecule has 1 aromatic heterocycles. The van der Waals surface area contributed by atoms with Crippen LogP contribution in [0.4, 0.5) is 0 Å². The number of rotatable bonds is 7. The summed E-state index contributed by atoms with van der Waals surface area (Å²) in [5.74, 6) is 0.246. The van der Waals surface area contributed by atoms with E-state index in [1.54, 1.807) is 12.1 Å². The zero-order valence-corrected chi connectivity index (χ0v) is 17.7. The summed E-state index contributed by atoms with van der Waals surface area (Å²) in [7, 11) is -3.76. The van der Waals surface area contributed by atoms with E-state index < -0.39 is 10.0 Å². The molecule has 6 nitrogen and oxygen atoms in total. The third-order valence-electron chi connectivity index (χ3n) is 4.93. The van der Waals surface area contributed by atoms with Gasteiger partial charge in [-0.05, 0) is 42.8 Å². The average Bonchev–Trinajstić information content (AvgIpc) is 3.23. The first kappa shape index (κ1) is 20.8. The number of hydrogen-bond donors (Lipinski definition) is 2. The highest BCUT2D eigenvalue weighted by atomic mass is 32.2. The lowest BCUT2D eigenvalue weighted by Gasteiger charge is -2.12. The first-order valence-electron chi connectivity index (χ1n) is 9.85. The van der Waals surface area contributed by atoms with Gasteiger partial charge in [0, 0.05) is 17.5 Å². The molecule has 158 valence electrons. The summed E-state index contributed by atoms with van der Waals surface area (Å²) >= 11 is 0. The highest BCUT2D eigenvalue weighted by Gasteiger charge is 2.19. The Hall–Kier alpha value is -3.42. The summed E-state index contributed by atoms with van der Waals surface area (Å²) in [5.41, 5.74) is 1.85. The fourth-order valence-corrected chi connectivity index (χ4v) is 4.29. The van der Waals surface area contributed by atoms with E-state index in [0.29, 0.717) is 5.76 Å². The van der Waals surface area contributed by atoms with E-state index in [-0.39, 0.29) is 29.0 Å². The van der Waals surface area contributed by atoms with Crippen LogP contribution in [-0.2, 0) is 16.6 Å². The number of benzene rings is 3. The zero-order valence-electron chi connectivity index (χ0n) is 16.9. The second kappa shape index (κ2) is 8.75. The molecular formula is C24H22N2O4S. The maximum Gasteiger partial charge on any atom is 0.251 e. The molecule has 2 N–H and O–H groups in total. The minimum atomic E-state index is -3.76. The van der Waals surface area contributed by atoms with Gasteiger partial charge in [0.1, 0.15) is 11.3 Å². The molecule has 0 fully saturated rings. The lowest BCUT2D eigenvalue weighted by Crippen LogP contribution is -2.27. The second-order valence-corrected chi connectivity index (χ2v) is 8.99. The van der Waals surface area contributed by atoms with Crippen molar-refractivity contribution in [1.82, 2.24) is 10.0 Å². The monoisotopic (exact) mass is 434 g/mol. The summed E-state index contributed by atoms with van der Waals surface area (Å²) in [6.07, 6.45) is 0. The Morgan fingerprint density at radius 2 is 1.68 bits per heavy atom. The van der Waals surface area contributed by atoms with Crippen LogP contribution in [0.3, 0.4) is 0 Å². The number of furan rings is 1. The van der Waals surface area contributed by atoms with E-state index in [2.05, 4.69) is 10.0 Å². The van der Waals surface area contributed by atoms with Gasteiger partial charge in [0.15, 0.2) is 0 Å². The van der Waals surface area contributed by atoms with E-state index in [1.807, 2.05) is 67.6 Å². The zero-order chi connectivity index (χ0) is 21.8. The van der Waals surface area contributed by atoms with Crippen molar-refractivity contribution in [2.75, 3.05) is 0 Å². The van der Waals surface area contributed by atoms with Gasteiger partial charge in [-0.3, -0.25) is 4.79 Å². The lowest BCUT2D eigenvalue weighted by molar-refractivity contribution is 0.0935. The summed E-state index contributed by atoms with van der Waals surface area (Å²) in [5, 5.41) is 3.82. The van der Waals surface area contributed by atoms with Crippen LogP contribution >= 0.6 is 0 Å². The number of sulfonamides is 1. The molecule has 0 saturated carbocycles. The maximum atomic E-state index is 12.7. The molecule has 0 aliphatic rings. The standard InChI is InChI=1S/C24H22N2O4S/c1-17(23-15-19-10-5-6-13-22(19)30-23)26-24(27)20-11-7-12-21(14-20)31(28,29)25-16-18-8-3-2-4-9-18/h2-15,17,25H,16H2,1H3,(H,26,27).